The van der Waals surface area contributed by atoms with Crippen LogP contribution >= 0.6 is 0 Å². The summed E-state index contributed by atoms with van der Waals surface area (Å²) in [7, 11) is 0. The van der Waals surface area contributed by atoms with Crippen LogP contribution < -0.4 is 15.8 Å². The van der Waals surface area contributed by atoms with Gasteiger partial charge in [0.1, 0.15) is 5.75 Å². The predicted octanol–water partition coefficient (Wildman–Crippen LogP) is 3.71. The van der Waals surface area contributed by atoms with Crippen molar-refractivity contribution in [3.05, 3.63) is 54.1 Å². The van der Waals surface area contributed by atoms with E-state index in [0.717, 1.165) is 24.4 Å². The highest BCUT2D eigenvalue weighted by Gasteiger charge is 2.04. The van der Waals surface area contributed by atoms with Crippen molar-refractivity contribution in [1.29, 1.82) is 0 Å². The van der Waals surface area contributed by atoms with Crippen molar-refractivity contribution < 1.29 is 4.74 Å². The zero-order chi connectivity index (χ0) is 14.4. The third-order valence-corrected chi connectivity index (χ3v) is 2.96. The van der Waals surface area contributed by atoms with Gasteiger partial charge in [-0.25, -0.2) is 0 Å². The van der Waals surface area contributed by atoms with Gasteiger partial charge < -0.3 is 15.8 Å². The number of nitrogens with two attached hydrogens (primary N) is 1. The van der Waals surface area contributed by atoms with Crippen LogP contribution in [0.15, 0.2) is 48.5 Å². The van der Waals surface area contributed by atoms with E-state index in [-0.39, 0.29) is 6.10 Å². The number of ether oxygens (including phenoxy) is 1. The molecule has 2 aromatic carbocycles. The number of anilines is 2. The number of nitrogen functional groups attached to an aromatic ring is 1. The van der Waals surface area contributed by atoms with Gasteiger partial charge in [-0.05, 0) is 38.0 Å². The van der Waals surface area contributed by atoms with Crippen LogP contribution in [-0.2, 0) is 6.42 Å². The molecule has 2 aromatic rings. The lowest BCUT2D eigenvalue weighted by Gasteiger charge is -2.14. The number of hydrogen-bond acceptors (Lipinski definition) is 3. The van der Waals surface area contributed by atoms with Crippen molar-refractivity contribution in [2.75, 3.05) is 17.6 Å². The molecule has 0 aliphatic carbocycles. The van der Waals surface area contributed by atoms with Crippen molar-refractivity contribution >= 4 is 11.4 Å². The normalized spacial score (nSPS) is 10.6. The van der Waals surface area contributed by atoms with Gasteiger partial charge in [0.2, 0.25) is 0 Å². The van der Waals surface area contributed by atoms with Gasteiger partial charge in [-0.3, -0.25) is 0 Å². The van der Waals surface area contributed by atoms with E-state index < -0.39 is 0 Å². The van der Waals surface area contributed by atoms with Crippen LogP contribution in [0.25, 0.3) is 0 Å². The lowest BCUT2D eigenvalue weighted by molar-refractivity contribution is 0.244. The van der Waals surface area contributed by atoms with E-state index in [2.05, 4.69) is 29.6 Å². The van der Waals surface area contributed by atoms with Crippen LogP contribution in [0.4, 0.5) is 11.4 Å². The summed E-state index contributed by atoms with van der Waals surface area (Å²) in [6.45, 7) is 4.87. The Hall–Kier alpha value is -2.16. The molecule has 2 rings (SSSR count). The fourth-order valence-electron chi connectivity index (χ4n) is 2.00. The Morgan fingerprint density at radius 2 is 1.85 bits per heavy atom. The van der Waals surface area contributed by atoms with Crippen molar-refractivity contribution in [3.8, 4) is 5.75 Å². The highest BCUT2D eigenvalue weighted by molar-refractivity contribution is 5.61. The standard InChI is InChI=1S/C17H22N2O/c1-13(2)20-17-12-15(8-9-16(17)18)19-11-10-14-6-4-3-5-7-14/h3-9,12-13,19H,10-11,18H2,1-2H3. The minimum absolute atomic E-state index is 0.122. The third kappa shape index (κ3) is 4.19. The maximum atomic E-state index is 5.90. The smallest absolute Gasteiger partial charge is 0.144 e. The molecular weight excluding hydrogens is 248 g/mol. The van der Waals surface area contributed by atoms with Crippen molar-refractivity contribution in [2.24, 2.45) is 0 Å². The molecule has 0 bridgehead atoms. The highest BCUT2D eigenvalue weighted by Crippen LogP contribution is 2.26. The molecule has 106 valence electrons. The number of benzene rings is 2. The van der Waals surface area contributed by atoms with E-state index in [1.165, 1.54) is 5.56 Å². The molecule has 0 atom stereocenters. The molecule has 3 heteroatoms. The number of nitrogens with one attached hydrogen (secondary N) is 1. The summed E-state index contributed by atoms with van der Waals surface area (Å²) in [6, 6.07) is 16.2. The van der Waals surface area contributed by atoms with Gasteiger partial charge in [0.25, 0.3) is 0 Å². The summed E-state index contributed by atoms with van der Waals surface area (Å²) in [4.78, 5) is 0. The predicted molar refractivity (Wildman–Crippen MR) is 85.3 cm³/mol. The summed E-state index contributed by atoms with van der Waals surface area (Å²) < 4.78 is 5.69. The molecule has 3 N–H and O–H groups in total. The molecule has 0 aliphatic heterocycles. The molecule has 0 aliphatic rings. The van der Waals surface area contributed by atoms with Gasteiger partial charge in [0, 0.05) is 18.3 Å². The van der Waals surface area contributed by atoms with Gasteiger partial charge >= 0.3 is 0 Å². The van der Waals surface area contributed by atoms with E-state index in [1.54, 1.807) is 0 Å². The minimum Gasteiger partial charge on any atom is -0.489 e. The molecule has 3 nitrogen and oxygen atoms in total. The van der Waals surface area contributed by atoms with Gasteiger partial charge in [0.15, 0.2) is 0 Å². The Morgan fingerprint density at radius 3 is 2.55 bits per heavy atom. The fraction of sp³-hybridized carbons (Fsp3) is 0.294. The lowest BCUT2D eigenvalue weighted by atomic mass is 10.1. The van der Waals surface area contributed by atoms with E-state index >= 15 is 0 Å². The first kappa shape index (κ1) is 14.3. The Kier molecular flexibility index (Phi) is 4.88. The minimum atomic E-state index is 0.122. The molecule has 0 amide bonds. The Labute approximate surface area is 120 Å². The SMILES string of the molecule is CC(C)Oc1cc(NCCc2ccccc2)ccc1N. The van der Waals surface area contributed by atoms with E-state index in [1.807, 2.05) is 38.1 Å². The molecule has 0 radical (unpaired) electrons. The monoisotopic (exact) mass is 270 g/mol. The third-order valence-electron chi connectivity index (χ3n) is 2.96. The van der Waals surface area contributed by atoms with Crippen LogP contribution in [0.3, 0.4) is 0 Å². The molecule has 0 saturated carbocycles. The second-order valence-corrected chi connectivity index (χ2v) is 5.08. The first-order chi connectivity index (χ1) is 9.65. The molecule has 0 spiro atoms. The summed E-state index contributed by atoms with van der Waals surface area (Å²) in [5.41, 5.74) is 8.94. The summed E-state index contributed by atoms with van der Waals surface area (Å²) in [6.07, 6.45) is 1.11. The van der Waals surface area contributed by atoms with Gasteiger partial charge in [0.05, 0.1) is 11.8 Å². The summed E-state index contributed by atoms with van der Waals surface area (Å²) in [5.74, 6) is 0.740. The topological polar surface area (TPSA) is 47.3 Å². The summed E-state index contributed by atoms with van der Waals surface area (Å²) in [5, 5.41) is 3.40. The summed E-state index contributed by atoms with van der Waals surface area (Å²) >= 11 is 0. The largest absolute Gasteiger partial charge is 0.489 e. The van der Waals surface area contributed by atoms with Crippen molar-refractivity contribution in [3.63, 3.8) is 0 Å². The Morgan fingerprint density at radius 1 is 1.10 bits per heavy atom. The van der Waals surface area contributed by atoms with E-state index in [0.29, 0.717) is 5.69 Å². The number of rotatable bonds is 6. The highest BCUT2D eigenvalue weighted by atomic mass is 16.5. The molecule has 0 unspecified atom stereocenters. The van der Waals surface area contributed by atoms with Crippen LogP contribution in [0, 0.1) is 0 Å². The lowest BCUT2D eigenvalue weighted by Crippen LogP contribution is -2.09. The van der Waals surface area contributed by atoms with Crippen LogP contribution in [0.2, 0.25) is 0 Å². The fourth-order valence-corrected chi connectivity index (χ4v) is 2.00. The first-order valence-electron chi connectivity index (χ1n) is 6.99. The molecule has 0 saturated heterocycles. The second-order valence-electron chi connectivity index (χ2n) is 5.08. The molecule has 0 heterocycles. The average molecular weight is 270 g/mol. The average Bonchev–Trinajstić information content (AvgIpc) is 2.43. The quantitative estimate of drug-likeness (QED) is 0.787. The number of hydrogen-bond donors (Lipinski definition) is 2. The molecule has 20 heavy (non-hydrogen) atoms. The molecular formula is C17H22N2O. The van der Waals surface area contributed by atoms with Gasteiger partial charge in [-0.15, -0.1) is 0 Å². The Bertz CT molecular complexity index is 538. The van der Waals surface area contributed by atoms with Crippen LogP contribution in [0.5, 0.6) is 5.75 Å². The second kappa shape index (κ2) is 6.85. The maximum Gasteiger partial charge on any atom is 0.144 e. The van der Waals surface area contributed by atoms with E-state index in [9.17, 15) is 0 Å². The molecule has 0 aromatic heterocycles. The Balaban J connectivity index is 1.93. The zero-order valence-corrected chi connectivity index (χ0v) is 12.1. The van der Waals surface area contributed by atoms with Crippen LogP contribution in [0.1, 0.15) is 19.4 Å². The van der Waals surface area contributed by atoms with Gasteiger partial charge in [-0.2, -0.15) is 0 Å². The maximum absolute atomic E-state index is 5.90. The zero-order valence-electron chi connectivity index (χ0n) is 12.1. The van der Waals surface area contributed by atoms with Gasteiger partial charge in [-0.1, -0.05) is 30.3 Å². The van der Waals surface area contributed by atoms with Crippen molar-refractivity contribution in [2.45, 2.75) is 26.4 Å². The molecule has 0 fully saturated rings. The van der Waals surface area contributed by atoms with Crippen LogP contribution in [-0.4, -0.2) is 12.6 Å². The first-order valence-corrected chi connectivity index (χ1v) is 6.99. The van der Waals surface area contributed by atoms with E-state index in [4.69, 9.17) is 10.5 Å². The van der Waals surface area contributed by atoms with Crippen molar-refractivity contribution in [1.82, 2.24) is 0 Å².